The first kappa shape index (κ1) is 24.5. The maximum absolute atomic E-state index is 15.8. The summed E-state index contributed by atoms with van der Waals surface area (Å²) in [6, 6.07) is 8.91. The lowest BCUT2D eigenvalue weighted by Crippen LogP contribution is -2.56. The average Bonchev–Trinajstić information content (AvgIpc) is 3.02. The molecule has 2 heterocycles. The largest absolute Gasteiger partial charge is 0.476 e. The Balaban J connectivity index is 1.80. The summed E-state index contributed by atoms with van der Waals surface area (Å²) in [5.41, 5.74) is 0.0936. The van der Waals surface area contributed by atoms with Crippen molar-refractivity contribution in [2.75, 3.05) is 13.2 Å². The number of aromatic nitrogens is 1. The molecule has 0 aliphatic carbocycles. The Morgan fingerprint density at radius 3 is 2.69 bits per heavy atom. The van der Waals surface area contributed by atoms with Gasteiger partial charge in [0.25, 0.3) is 5.91 Å². The van der Waals surface area contributed by atoms with Crippen molar-refractivity contribution >= 4 is 39.3 Å². The number of hydrogen-bond donors (Lipinski definition) is 1. The van der Waals surface area contributed by atoms with Gasteiger partial charge in [0.2, 0.25) is 5.88 Å². The summed E-state index contributed by atoms with van der Waals surface area (Å²) in [7, 11) is -4.63. The fourth-order valence-corrected chi connectivity index (χ4v) is 4.75. The van der Waals surface area contributed by atoms with Crippen LogP contribution in [-0.4, -0.2) is 48.1 Å². The minimum absolute atomic E-state index is 0.0464. The summed E-state index contributed by atoms with van der Waals surface area (Å²) in [6.45, 7) is 3.96. The van der Waals surface area contributed by atoms with E-state index < -0.39 is 27.5 Å². The smallest absolute Gasteiger partial charge is 0.340 e. The first-order chi connectivity index (χ1) is 15.0. The molecule has 8 nitrogen and oxygen atoms in total. The third-order valence-electron chi connectivity index (χ3n) is 4.46. The lowest BCUT2D eigenvalue weighted by Gasteiger charge is -2.32. The monoisotopic (exact) mass is 505 g/mol. The Labute approximate surface area is 195 Å². The molecule has 1 amide bonds. The molecule has 12 heteroatoms. The minimum Gasteiger partial charge on any atom is -0.476 e. The molecule has 1 aliphatic rings. The highest BCUT2D eigenvalue weighted by Gasteiger charge is 2.57. The molecule has 0 radical (unpaired) electrons. The standard InChI is InChI=1S/C20H22Cl2FN3O5S/c1-13(2)12-30-19-16(21)10-15(11-24-19)31-20(23)17(22)8-9-26(20)32(28,29)25-18(27)14-6-4-3-5-7-14/h3-7,10-11,13,17H,8-9,12H2,1-2H3,(H,25,27). The van der Waals surface area contributed by atoms with E-state index in [1.54, 1.807) is 18.2 Å². The third-order valence-corrected chi connectivity index (χ3v) is 6.67. The van der Waals surface area contributed by atoms with Crippen molar-refractivity contribution in [3.8, 4) is 11.6 Å². The van der Waals surface area contributed by atoms with Gasteiger partial charge in [0.1, 0.15) is 16.1 Å². The fourth-order valence-electron chi connectivity index (χ4n) is 2.92. The summed E-state index contributed by atoms with van der Waals surface area (Å²) >= 11 is 12.2. The van der Waals surface area contributed by atoms with Crippen LogP contribution >= 0.6 is 23.2 Å². The Morgan fingerprint density at radius 1 is 1.38 bits per heavy atom. The summed E-state index contributed by atoms with van der Waals surface area (Å²) in [5.74, 6) is -3.68. The topological polar surface area (TPSA) is 97.8 Å². The second kappa shape index (κ2) is 9.78. The summed E-state index contributed by atoms with van der Waals surface area (Å²) in [6.07, 6.45) is 1.10. The molecule has 2 aromatic rings. The maximum Gasteiger partial charge on any atom is 0.340 e. The molecule has 1 saturated heterocycles. The van der Waals surface area contributed by atoms with E-state index in [1.165, 1.54) is 18.2 Å². The first-order valence-corrected chi connectivity index (χ1v) is 12.0. The predicted molar refractivity (Wildman–Crippen MR) is 118 cm³/mol. The maximum atomic E-state index is 15.8. The van der Waals surface area contributed by atoms with Gasteiger partial charge in [-0.15, -0.1) is 15.9 Å². The SMILES string of the molecule is CC(C)COc1ncc(OC2(F)C(Cl)CCN2S(=O)(=O)NC(=O)c2ccccc2)cc1Cl. The molecule has 1 fully saturated rings. The van der Waals surface area contributed by atoms with E-state index in [-0.39, 0.29) is 41.1 Å². The van der Waals surface area contributed by atoms with Crippen LogP contribution in [0.3, 0.4) is 0 Å². The van der Waals surface area contributed by atoms with Crippen LogP contribution in [0.1, 0.15) is 30.6 Å². The zero-order chi connectivity index (χ0) is 23.5. The molecule has 2 unspecified atom stereocenters. The van der Waals surface area contributed by atoms with Crippen LogP contribution in [0.4, 0.5) is 4.39 Å². The highest BCUT2D eigenvalue weighted by atomic mass is 35.5. The molecule has 1 aromatic carbocycles. The van der Waals surface area contributed by atoms with Crippen molar-refractivity contribution in [1.82, 2.24) is 14.0 Å². The van der Waals surface area contributed by atoms with Crippen molar-refractivity contribution in [2.24, 2.45) is 5.92 Å². The number of hydrogen-bond acceptors (Lipinski definition) is 6. The molecule has 1 aliphatic heterocycles. The van der Waals surface area contributed by atoms with Crippen LogP contribution in [0.25, 0.3) is 0 Å². The summed E-state index contributed by atoms with van der Waals surface area (Å²) in [4.78, 5) is 16.3. The van der Waals surface area contributed by atoms with Crippen molar-refractivity contribution in [1.29, 1.82) is 0 Å². The second-order valence-electron chi connectivity index (χ2n) is 7.50. The fraction of sp³-hybridized carbons (Fsp3) is 0.400. The molecule has 0 saturated carbocycles. The Kier molecular flexibility index (Phi) is 7.49. The van der Waals surface area contributed by atoms with Crippen LogP contribution in [0.15, 0.2) is 42.6 Å². The van der Waals surface area contributed by atoms with Crippen molar-refractivity contribution < 1.29 is 27.1 Å². The molecule has 174 valence electrons. The first-order valence-electron chi connectivity index (χ1n) is 9.73. The number of carbonyl (C=O) groups is 1. The third kappa shape index (κ3) is 5.43. The van der Waals surface area contributed by atoms with Gasteiger partial charge in [-0.05, 0) is 24.5 Å². The van der Waals surface area contributed by atoms with Gasteiger partial charge in [0.15, 0.2) is 0 Å². The van der Waals surface area contributed by atoms with Crippen LogP contribution in [0.2, 0.25) is 5.02 Å². The van der Waals surface area contributed by atoms with Crippen LogP contribution in [0, 0.1) is 5.92 Å². The van der Waals surface area contributed by atoms with Crippen molar-refractivity contribution in [3.63, 3.8) is 0 Å². The van der Waals surface area contributed by atoms with Gasteiger partial charge in [-0.3, -0.25) is 4.79 Å². The molecule has 1 N–H and O–H groups in total. The van der Waals surface area contributed by atoms with Gasteiger partial charge >= 0.3 is 16.2 Å². The lowest BCUT2D eigenvalue weighted by molar-refractivity contribution is -0.124. The van der Waals surface area contributed by atoms with Gasteiger partial charge in [-0.2, -0.15) is 12.8 Å². The molecule has 32 heavy (non-hydrogen) atoms. The highest BCUT2D eigenvalue weighted by molar-refractivity contribution is 7.87. The minimum atomic E-state index is -4.63. The van der Waals surface area contributed by atoms with Gasteiger partial charge in [-0.25, -0.2) is 9.71 Å². The van der Waals surface area contributed by atoms with Crippen molar-refractivity contribution in [3.05, 3.63) is 53.2 Å². The average molecular weight is 506 g/mol. The van der Waals surface area contributed by atoms with E-state index in [1.807, 2.05) is 18.6 Å². The predicted octanol–water partition coefficient (Wildman–Crippen LogP) is 3.76. The van der Waals surface area contributed by atoms with E-state index >= 15 is 4.39 Å². The van der Waals surface area contributed by atoms with E-state index in [9.17, 15) is 13.2 Å². The number of amides is 1. The Morgan fingerprint density at radius 2 is 2.06 bits per heavy atom. The Bertz CT molecular complexity index is 1070. The molecule has 0 spiro atoms. The van der Waals surface area contributed by atoms with Crippen LogP contribution in [-0.2, 0) is 10.2 Å². The second-order valence-corrected chi connectivity index (χ2v) is 10.0. The number of rotatable bonds is 8. The number of nitrogens with zero attached hydrogens (tertiary/aromatic N) is 2. The summed E-state index contributed by atoms with van der Waals surface area (Å²) < 4.78 is 54.4. The van der Waals surface area contributed by atoms with E-state index in [0.717, 1.165) is 6.20 Å². The van der Waals surface area contributed by atoms with Gasteiger partial charge in [0.05, 0.1) is 12.8 Å². The molecule has 3 rings (SSSR count). The molecule has 1 aromatic heterocycles. The molecule has 0 bridgehead atoms. The van der Waals surface area contributed by atoms with Crippen LogP contribution < -0.4 is 14.2 Å². The number of nitrogens with one attached hydrogen (secondary N) is 1. The van der Waals surface area contributed by atoms with Gasteiger partial charge in [-0.1, -0.05) is 43.6 Å². The number of alkyl halides is 2. The number of pyridine rings is 1. The lowest BCUT2D eigenvalue weighted by atomic mass is 10.2. The number of benzene rings is 1. The number of carbonyl (C=O) groups excluding carboxylic acids is 1. The molecule has 2 atom stereocenters. The number of ether oxygens (including phenoxy) is 2. The highest BCUT2D eigenvalue weighted by Crippen LogP contribution is 2.39. The van der Waals surface area contributed by atoms with Crippen molar-refractivity contribution in [2.45, 2.75) is 31.6 Å². The molecular formula is C20H22Cl2FN3O5S. The van der Waals surface area contributed by atoms with Gasteiger partial charge < -0.3 is 9.47 Å². The number of halogens is 3. The molecular weight excluding hydrogens is 484 g/mol. The van der Waals surface area contributed by atoms with E-state index in [0.29, 0.717) is 10.9 Å². The van der Waals surface area contributed by atoms with Crippen LogP contribution in [0.5, 0.6) is 11.6 Å². The normalized spacial score (nSPS) is 21.5. The van der Waals surface area contributed by atoms with E-state index in [2.05, 4.69) is 4.98 Å². The van der Waals surface area contributed by atoms with E-state index in [4.69, 9.17) is 32.7 Å². The zero-order valence-electron chi connectivity index (χ0n) is 17.3. The quantitative estimate of drug-likeness (QED) is 0.433. The Hall–Kier alpha value is -2.14. The summed E-state index contributed by atoms with van der Waals surface area (Å²) in [5, 5.41) is -1.29. The zero-order valence-corrected chi connectivity index (χ0v) is 19.6. The van der Waals surface area contributed by atoms with Gasteiger partial charge in [0, 0.05) is 18.2 Å².